The molecular formula is C14H28NNaO4S. The molecule has 0 bridgehead atoms. The Morgan fingerprint density at radius 3 is 1.95 bits per heavy atom. The van der Waals surface area contributed by atoms with Crippen LogP contribution in [0.15, 0.2) is 0 Å². The molecule has 0 aliphatic heterocycles. The number of nitrogens with zero attached hydrogens (tertiary/aromatic N) is 1. The molecule has 0 amide bonds. The largest absolute Gasteiger partial charge is 1.00 e. The molecule has 0 heterocycles. The fourth-order valence-corrected chi connectivity index (χ4v) is 2.78. The van der Waals surface area contributed by atoms with Gasteiger partial charge in [-0.2, -0.15) is 0 Å². The van der Waals surface area contributed by atoms with Crippen LogP contribution in [-0.2, 0) is 14.9 Å². The van der Waals surface area contributed by atoms with Gasteiger partial charge in [-0.3, -0.25) is 9.69 Å². The predicted octanol–water partition coefficient (Wildman–Crippen LogP) is -0.475. The zero-order valence-electron chi connectivity index (χ0n) is 13.8. The topological polar surface area (TPSA) is 77.5 Å². The Bertz CT molecular complexity index is 360. The van der Waals surface area contributed by atoms with Crippen LogP contribution in [0.25, 0.3) is 0 Å². The van der Waals surface area contributed by atoms with Crippen LogP contribution in [0.2, 0.25) is 0 Å². The summed E-state index contributed by atoms with van der Waals surface area (Å²) in [6, 6.07) is 0. The summed E-state index contributed by atoms with van der Waals surface area (Å²) < 4.78 is 31.6. The minimum atomic E-state index is -4.29. The third kappa shape index (κ3) is 18.5. The minimum Gasteiger partial charge on any atom is -0.747 e. The van der Waals surface area contributed by atoms with Crippen molar-refractivity contribution in [2.24, 2.45) is 0 Å². The quantitative estimate of drug-likeness (QED) is 0.259. The van der Waals surface area contributed by atoms with Crippen LogP contribution in [0.5, 0.6) is 0 Å². The Kier molecular flexibility index (Phi) is 16.0. The van der Waals surface area contributed by atoms with Crippen molar-refractivity contribution in [2.45, 2.75) is 64.7 Å². The van der Waals surface area contributed by atoms with Crippen LogP contribution >= 0.6 is 0 Å². The predicted molar refractivity (Wildman–Crippen MR) is 79.4 cm³/mol. The number of Topliss-reactive ketones (excluding diaryl/α,β-unsaturated/α-hetero) is 1. The number of hydrogen-bond donors (Lipinski definition) is 0. The molecule has 0 aliphatic carbocycles. The maximum Gasteiger partial charge on any atom is 1.00 e. The van der Waals surface area contributed by atoms with E-state index >= 15 is 0 Å². The summed E-state index contributed by atoms with van der Waals surface area (Å²) in [5.74, 6) is -0.599. The van der Waals surface area contributed by atoms with Gasteiger partial charge >= 0.3 is 29.6 Å². The third-order valence-corrected chi connectivity index (χ3v) is 3.89. The van der Waals surface area contributed by atoms with E-state index in [1.54, 1.807) is 0 Å². The second-order valence-corrected chi connectivity index (χ2v) is 6.84. The van der Waals surface area contributed by atoms with E-state index in [0.29, 0.717) is 6.42 Å². The van der Waals surface area contributed by atoms with Crippen LogP contribution in [0.4, 0.5) is 0 Å². The van der Waals surface area contributed by atoms with Gasteiger partial charge in [-0.05, 0) is 13.5 Å². The Hall–Kier alpha value is 0.540. The van der Waals surface area contributed by atoms with Crippen molar-refractivity contribution in [1.82, 2.24) is 4.90 Å². The molecule has 0 radical (unpaired) electrons. The molecular weight excluding hydrogens is 301 g/mol. The van der Waals surface area contributed by atoms with Gasteiger partial charge < -0.3 is 4.55 Å². The van der Waals surface area contributed by atoms with Crippen molar-refractivity contribution < 1.29 is 47.3 Å². The van der Waals surface area contributed by atoms with E-state index in [1.165, 1.54) is 44.1 Å². The second-order valence-electron chi connectivity index (χ2n) is 5.46. The molecule has 21 heavy (non-hydrogen) atoms. The Labute approximate surface area is 151 Å². The van der Waals surface area contributed by atoms with Gasteiger partial charge in [0.05, 0.1) is 12.4 Å². The number of unbranched alkanes of at least 4 members (excludes halogenated alkanes) is 7. The van der Waals surface area contributed by atoms with Crippen LogP contribution < -0.4 is 29.6 Å². The van der Waals surface area contributed by atoms with Crippen molar-refractivity contribution >= 4 is 15.9 Å². The van der Waals surface area contributed by atoms with Gasteiger partial charge in [-0.15, -0.1) is 0 Å². The first-order chi connectivity index (χ1) is 9.35. The van der Waals surface area contributed by atoms with Gasteiger partial charge in [0.25, 0.3) is 0 Å². The Morgan fingerprint density at radius 1 is 1.00 bits per heavy atom. The van der Waals surface area contributed by atoms with Crippen LogP contribution in [0.3, 0.4) is 0 Å². The van der Waals surface area contributed by atoms with E-state index in [1.807, 2.05) is 0 Å². The number of ketones is 1. The van der Waals surface area contributed by atoms with E-state index < -0.39 is 16.0 Å². The number of likely N-dealkylation sites (N-methyl/N-ethyl adjacent to an activating group) is 1. The molecule has 120 valence electrons. The van der Waals surface area contributed by atoms with Crippen molar-refractivity contribution in [3.63, 3.8) is 0 Å². The summed E-state index contributed by atoms with van der Waals surface area (Å²) in [5, 5.41) is 0. The van der Waals surface area contributed by atoms with Gasteiger partial charge in [0.15, 0.2) is 0 Å². The van der Waals surface area contributed by atoms with E-state index in [-0.39, 0.29) is 41.9 Å². The summed E-state index contributed by atoms with van der Waals surface area (Å²) >= 11 is 0. The molecule has 0 rings (SSSR count). The maximum absolute atomic E-state index is 11.6. The molecule has 0 atom stereocenters. The van der Waals surface area contributed by atoms with Crippen molar-refractivity contribution in [1.29, 1.82) is 0 Å². The number of hydrogen-bond acceptors (Lipinski definition) is 5. The van der Waals surface area contributed by atoms with Gasteiger partial charge in [0.2, 0.25) is 0 Å². The molecule has 0 N–H and O–H groups in total. The van der Waals surface area contributed by atoms with Crippen LogP contribution in [0, 0.1) is 0 Å². The summed E-state index contributed by atoms with van der Waals surface area (Å²) in [4.78, 5) is 12.8. The summed E-state index contributed by atoms with van der Waals surface area (Å²) in [6.07, 6.45) is 9.86. The van der Waals surface area contributed by atoms with Crippen molar-refractivity contribution in [3.05, 3.63) is 0 Å². The number of rotatable bonds is 13. The zero-order valence-corrected chi connectivity index (χ0v) is 16.6. The summed E-state index contributed by atoms with van der Waals surface area (Å²) in [5.41, 5.74) is 0. The summed E-state index contributed by atoms with van der Waals surface area (Å²) in [6.45, 7) is 2.23. The molecule has 0 aromatic carbocycles. The molecule has 0 unspecified atom stereocenters. The first-order valence-corrected chi connectivity index (χ1v) is 9.06. The Morgan fingerprint density at radius 2 is 1.48 bits per heavy atom. The average molecular weight is 329 g/mol. The molecule has 0 spiro atoms. The second kappa shape index (κ2) is 14.2. The molecule has 0 saturated carbocycles. The molecule has 0 saturated heterocycles. The molecule has 0 fully saturated rings. The SMILES string of the molecule is CCCCCCCCCCC(=O)CN(C)CS(=O)(=O)[O-].[Na+]. The van der Waals surface area contributed by atoms with Crippen LogP contribution in [0.1, 0.15) is 64.7 Å². The zero-order chi connectivity index (χ0) is 15.4. The number of carbonyl (C=O) groups excluding carboxylic acids is 1. The molecule has 0 aromatic rings. The van der Waals surface area contributed by atoms with E-state index in [0.717, 1.165) is 19.3 Å². The first-order valence-electron chi connectivity index (χ1n) is 7.49. The van der Waals surface area contributed by atoms with E-state index in [2.05, 4.69) is 6.92 Å². The van der Waals surface area contributed by atoms with Crippen molar-refractivity contribution in [3.8, 4) is 0 Å². The Balaban J connectivity index is 0. The van der Waals surface area contributed by atoms with Gasteiger partial charge in [0, 0.05) is 6.42 Å². The number of carbonyl (C=O) groups is 1. The maximum atomic E-state index is 11.6. The van der Waals surface area contributed by atoms with Gasteiger partial charge in [-0.25, -0.2) is 8.42 Å². The van der Waals surface area contributed by atoms with E-state index in [9.17, 15) is 17.8 Å². The van der Waals surface area contributed by atoms with E-state index in [4.69, 9.17) is 0 Å². The molecule has 0 aliphatic rings. The van der Waals surface area contributed by atoms with Gasteiger partial charge in [-0.1, -0.05) is 51.9 Å². The van der Waals surface area contributed by atoms with Gasteiger partial charge in [0.1, 0.15) is 15.9 Å². The standard InChI is InChI=1S/C14H29NO4S.Na/c1-3-4-5-6-7-8-9-10-11-14(16)12-15(2)13-20(17,18)19;/h3-13H2,1-2H3,(H,17,18,19);/q;+1/p-1. The normalized spacial score (nSPS) is 11.4. The molecule has 5 nitrogen and oxygen atoms in total. The average Bonchev–Trinajstić information content (AvgIpc) is 2.30. The van der Waals surface area contributed by atoms with Crippen LogP contribution in [-0.4, -0.2) is 43.1 Å². The fourth-order valence-electron chi connectivity index (χ4n) is 2.15. The molecule has 7 heteroatoms. The van der Waals surface area contributed by atoms with Crippen molar-refractivity contribution in [2.75, 3.05) is 19.5 Å². The summed E-state index contributed by atoms with van der Waals surface area (Å²) in [7, 11) is -2.81. The fraction of sp³-hybridized carbons (Fsp3) is 0.929. The first kappa shape index (κ1) is 23.8. The monoisotopic (exact) mass is 329 g/mol. The molecule has 0 aromatic heterocycles. The smallest absolute Gasteiger partial charge is 0.747 e. The minimum absolute atomic E-state index is 0. The third-order valence-electron chi connectivity index (χ3n) is 3.13.